The summed E-state index contributed by atoms with van der Waals surface area (Å²) in [5.41, 5.74) is 3.32. The highest BCUT2D eigenvalue weighted by Crippen LogP contribution is 2.17. The Labute approximate surface area is 146 Å². The molecule has 2 aromatic carbocycles. The molecule has 0 aromatic heterocycles. The Morgan fingerprint density at radius 3 is 2.04 bits per heavy atom. The van der Waals surface area contributed by atoms with Gasteiger partial charge in [0.25, 0.3) is 5.91 Å². The molecule has 1 aliphatic heterocycles. The molecule has 1 heterocycles. The molecule has 2 aromatic rings. The average molecular weight is 336 g/mol. The van der Waals surface area contributed by atoms with E-state index in [4.69, 9.17) is 0 Å². The van der Waals surface area contributed by atoms with Gasteiger partial charge in [0.1, 0.15) is 0 Å². The molecule has 1 N–H and O–H groups in total. The largest absolute Gasteiger partial charge is 0.322 e. The van der Waals surface area contributed by atoms with E-state index in [1.54, 1.807) is 24.3 Å². The fourth-order valence-corrected chi connectivity index (χ4v) is 2.77. The van der Waals surface area contributed by atoms with Crippen LogP contribution >= 0.6 is 0 Å². The smallest absolute Gasteiger partial charge is 0.255 e. The van der Waals surface area contributed by atoms with E-state index >= 15 is 0 Å². The zero-order valence-electron chi connectivity index (χ0n) is 14.1. The van der Waals surface area contributed by atoms with Crippen molar-refractivity contribution < 1.29 is 14.4 Å². The van der Waals surface area contributed by atoms with Crippen LogP contribution in [-0.2, 0) is 22.6 Å². The van der Waals surface area contributed by atoms with Gasteiger partial charge in [-0.2, -0.15) is 0 Å². The van der Waals surface area contributed by atoms with Crippen molar-refractivity contribution in [2.24, 2.45) is 0 Å². The molecule has 3 rings (SSSR count). The van der Waals surface area contributed by atoms with Gasteiger partial charge < -0.3 is 5.32 Å². The third-order valence-corrected chi connectivity index (χ3v) is 4.33. The minimum atomic E-state index is -0.191. The van der Waals surface area contributed by atoms with Gasteiger partial charge in [0.15, 0.2) is 0 Å². The first kappa shape index (κ1) is 16.9. The summed E-state index contributed by atoms with van der Waals surface area (Å²) in [6, 6.07) is 14.7. The highest BCUT2D eigenvalue weighted by molar-refractivity contribution is 6.04. The molecule has 1 fully saturated rings. The molecular weight excluding hydrogens is 316 g/mol. The second kappa shape index (κ2) is 7.30. The number of carbonyl (C=O) groups excluding carboxylic acids is 3. The Hall–Kier alpha value is -2.95. The molecule has 1 saturated heterocycles. The molecular formula is C20H20N2O3. The molecule has 3 amide bonds. The number of anilines is 1. The van der Waals surface area contributed by atoms with Crippen molar-refractivity contribution in [2.45, 2.75) is 32.7 Å². The van der Waals surface area contributed by atoms with Gasteiger partial charge in [0, 0.05) is 24.1 Å². The van der Waals surface area contributed by atoms with Crippen LogP contribution in [0.15, 0.2) is 48.5 Å². The SMILES string of the molecule is CCc1ccc(NC(=O)c2ccc(CN3C(=O)CCC3=O)cc2)cc1. The lowest BCUT2D eigenvalue weighted by Gasteiger charge is -2.14. The Bertz CT molecular complexity index is 779. The Morgan fingerprint density at radius 2 is 1.48 bits per heavy atom. The molecule has 5 nitrogen and oxygen atoms in total. The van der Waals surface area contributed by atoms with Crippen molar-refractivity contribution in [3.63, 3.8) is 0 Å². The maximum atomic E-state index is 12.3. The number of hydrogen-bond acceptors (Lipinski definition) is 3. The van der Waals surface area contributed by atoms with Crippen LogP contribution in [0.25, 0.3) is 0 Å². The molecule has 0 unspecified atom stereocenters. The van der Waals surface area contributed by atoms with Crippen molar-refractivity contribution in [1.29, 1.82) is 0 Å². The number of carbonyl (C=O) groups is 3. The van der Waals surface area contributed by atoms with E-state index in [-0.39, 0.29) is 37.1 Å². The second-order valence-electron chi connectivity index (χ2n) is 6.08. The van der Waals surface area contributed by atoms with Crippen LogP contribution in [0.5, 0.6) is 0 Å². The quantitative estimate of drug-likeness (QED) is 0.853. The first-order chi connectivity index (χ1) is 12.1. The molecule has 0 spiro atoms. The van der Waals surface area contributed by atoms with Crippen LogP contribution < -0.4 is 5.32 Å². The van der Waals surface area contributed by atoms with Crippen LogP contribution in [-0.4, -0.2) is 22.6 Å². The van der Waals surface area contributed by atoms with Gasteiger partial charge >= 0.3 is 0 Å². The van der Waals surface area contributed by atoms with Crippen LogP contribution in [0.4, 0.5) is 5.69 Å². The fourth-order valence-electron chi connectivity index (χ4n) is 2.77. The van der Waals surface area contributed by atoms with E-state index in [1.807, 2.05) is 24.3 Å². The van der Waals surface area contributed by atoms with Gasteiger partial charge in [-0.3, -0.25) is 19.3 Å². The number of rotatable bonds is 5. The summed E-state index contributed by atoms with van der Waals surface area (Å²) >= 11 is 0. The molecule has 1 aliphatic rings. The summed E-state index contributed by atoms with van der Waals surface area (Å²) in [4.78, 5) is 36.9. The summed E-state index contributed by atoms with van der Waals surface area (Å²) in [6.07, 6.45) is 1.53. The van der Waals surface area contributed by atoms with Gasteiger partial charge in [0.2, 0.25) is 11.8 Å². The summed E-state index contributed by atoms with van der Waals surface area (Å²) in [6.45, 7) is 2.34. The molecule has 5 heteroatoms. The predicted molar refractivity (Wildman–Crippen MR) is 95.0 cm³/mol. The zero-order valence-corrected chi connectivity index (χ0v) is 14.1. The Balaban J connectivity index is 1.63. The summed E-state index contributed by atoms with van der Waals surface area (Å²) < 4.78 is 0. The number of aryl methyl sites for hydroxylation is 1. The molecule has 0 saturated carbocycles. The topological polar surface area (TPSA) is 66.5 Å². The van der Waals surface area contributed by atoms with Crippen LogP contribution in [0.2, 0.25) is 0 Å². The molecule has 25 heavy (non-hydrogen) atoms. The van der Waals surface area contributed by atoms with Gasteiger partial charge in [-0.1, -0.05) is 31.2 Å². The van der Waals surface area contributed by atoms with Crippen molar-refractivity contribution in [3.05, 3.63) is 65.2 Å². The zero-order chi connectivity index (χ0) is 17.8. The van der Waals surface area contributed by atoms with Gasteiger partial charge in [-0.25, -0.2) is 0 Å². The molecule has 128 valence electrons. The third-order valence-electron chi connectivity index (χ3n) is 4.33. The van der Waals surface area contributed by atoms with Crippen LogP contribution in [0, 0.1) is 0 Å². The maximum absolute atomic E-state index is 12.3. The van der Waals surface area contributed by atoms with E-state index < -0.39 is 0 Å². The Kier molecular flexibility index (Phi) is 4.93. The molecule has 0 atom stereocenters. The van der Waals surface area contributed by atoms with Gasteiger partial charge in [0.05, 0.1) is 6.54 Å². The Morgan fingerprint density at radius 1 is 0.920 bits per heavy atom. The molecule has 0 aliphatic carbocycles. The first-order valence-electron chi connectivity index (χ1n) is 8.39. The number of imide groups is 1. The monoisotopic (exact) mass is 336 g/mol. The number of amides is 3. The standard InChI is InChI=1S/C20H20N2O3/c1-2-14-5-9-17(10-6-14)21-20(25)16-7-3-15(4-8-16)13-22-18(23)11-12-19(22)24/h3-10H,2,11-13H2,1H3,(H,21,25). The third kappa shape index (κ3) is 3.94. The van der Waals surface area contributed by atoms with Crippen molar-refractivity contribution in [2.75, 3.05) is 5.32 Å². The van der Waals surface area contributed by atoms with E-state index in [1.165, 1.54) is 10.5 Å². The summed E-state index contributed by atoms with van der Waals surface area (Å²) in [7, 11) is 0. The van der Waals surface area contributed by atoms with Crippen molar-refractivity contribution in [3.8, 4) is 0 Å². The van der Waals surface area contributed by atoms with Crippen molar-refractivity contribution >= 4 is 23.4 Å². The normalized spacial score (nSPS) is 14.0. The minimum Gasteiger partial charge on any atom is -0.322 e. The number of nitrogens with zero attached hydrogens (tertiary/aromatic N) is 1. The summed E-state index contributed by atoms with van der Waals surface area (Å²) in [5.74, 6) is -0.464. The average Bonchev–Trinajstić information content (AvgIpc) is 2.95. The van der Waals surface area contributed by atoms with E-state index in [0.29, 0.717) is 5.56 Å². The van der Waals surface area contributed by atoms with E-state index in [9.17, 15) is 14.4 Å². The van der Waals surface area contributed by atoms with Gasteiger partial charge in [-0.15, -0.1) is 0 Å². The van der Waals surface area contributed by atoms with Crippen LogP contribution in [0.3, 0.4) is 0 Å². The lowest BCUT2D eigenvalue weighted by Crippen LogP contribution is -2.28. The molecule has 0 radical (unpaired) electrons. The van der Waals surface area contributed by atoms with Crippen molar-refractivity contribution in [1.82, 2.24) is 4.90 Å². The number of benzene rings is 2. The summed E-state index contributed by atoms with van der Waals surface area (Å²) in [5, 5.41) is 2.86. The van der Waals surface area contributed by atoms with Gasteiger partial charge in [-0.05, 0) is 41.8 Å². The first-order valence-corrected chi connectivity index (χ1v) is 8.39. The fraction of sp³-hybridized carbons (Fsp3) is 0.250. The van der Waals surface area contributed by atoms with Crippen LogP contribution in [0.1, 0.15) is 41.3 Å². The number of nitrogens with one attached hydrogen (secondary N) is 1. The molecule has 0 bridgehead atoms. The lowest BCUT2D eigenvalue weighted by molar-refractivity contribution is -0.139. The lowest BCUT2D eigenvalue weighted by atomic mass is 10.1. The highest BCUT2D eigenvalue weighted by atomic mass is 16.2. The second-order valence-corrected chi connectivity index (χ2v) is 6.08. The van der Waals surface area contributed by atoms with E-state index in [2.05, 4.69) is 12.2 Å². The maximum Gasteiger partial charge on any atom is 0.255 e. The highest BCUT2D eigenvalue weighted by Gasteiger charge is 2.28. The predicted octanol–water partition coefficient (Wildman–Crippen LogP) is 3.15. The number of hydrogen-bond donors (Lipinski definition) is 1. The number of likely N-dealkylation sites (tertiary alicyclic amines) is 1. The van der Waals surface area contributed by atoms with E-state index in [0.717, 1.165) is 17.7 Å². The minimum absolute atomic E-state index is 0.137.